The topological polar surface area (TPSA) is 60.9 Å². The lowest BCUT2D eigenvalue weighted by atomic mass is 10.2. The molecule has 1 N–H and O–H groups in total. The first-order valence-electron chi connectivity index (χ1n) is 5.03. The van der Waals surface area contributed by atoms with Crippen LogP contribution in [-0.2, 0) is 4.79 Å². The van der Waals surface area contributed by atoms with Crippen molar-refractivity contribution in [2.75, 3.05) is 18.5 Å². The van der Waals surface area contributed by atoms with Crippen molar-refractivity contribution < 1.29 is 14.7 Å². The van der Waals surface area contributed by atoms with Crippen molar-refractivity contribution in [3.63, 3.8) is 0 Å². The van der Waals surface area contributed by atoms with E-state index in [0.717, 1.165) is 4.47 Å². The van der Waals surface area contributed by atoms with Crippen LogP contribution in [-0.4, -0.2) is 41.6 Å². The molecule has 6 heteroatoms. The molecule has 0 radical (unpaired) electrons. The van der Waals surface area contributed by atoms with Gasteiger partial charge in [-0.05, 0) is 24.3 Å². The quantitative estimate of drug-likeness (QED) is 0.905. The second kappa shape index (κ2) is 4.37. The van der Waals surface area contributed by atoms with Gasteiger partial charge in [-0.2, -0.15) is 0 Å². The van der Waals surface area contributed by atoms with Crippen LogP contribution in [0, 0.1) is 0 Å². The van der Waals surface area contributed by atoms with E-state index in [1.807, 2.05) is 0 Å². The lowest BCUT2D eigenvalue weighted by Gasteiger charge is -2.20. The predicted octanol–water partition coefficient (Wildman–Crippen LogP) is 1.77. The Morgan fingerprint density at radius 3 is 2.53 bits per heavy atom. The summed E-state index contributed by atoms with van der Waals surface area (Å²) in [6.45, 7) is 0.199. The molecule has 0 bridgehead atoms. The van der Waals surface area contributed by atoms with E-state index in [-0.39, 0.29) is 12.6 Å². The van der Waals surface area contributed by atoms with Crippen LogP contribution in [0.4, 0.5) is 10.5 Å². The number of rotatable bonds is 2. The number of carbonyl (C=O) groups is 2. The summed E-state index contributed by atoms with van der Waals surface area (Å²) in [6, 6.07) is 5.88. The zero-order valence-electron chi connectivity index (χ0n) is 9.13. The number of halogens is 1. The molecule has 0 aromatic heterocycles. The lowest BCUT2D eigenvalue weighted by Crippen LogP contribution is -2.39. The van der Waals surface area contributed by atoms with E-state index in [4.69, 9.17) is 5.11 Å². The molecule has 1 aromatic carbocycles. The Morgan fingerprint density at radius 2 is 2.00 bits per heavy atom. The molecule has 1 aromatic rings. The Labute approximate surface area is 107 Å². The van der Waals surface area contributed by atoms with Crippen LogP contribution in [0.15, 0.2) is 28.7 Å². The summed E-state index contributed by atoms with van der Waals surface area (Å²) in [5.74, 6) is -0.995. The van der Waals surface area contributed by atoms with Gasteiger partial charge < -0.3 is 10.0 Å². The van der Waals surface area contributed by atoms with Crippen LogP contribution in [0.5, 0.6) is 0 Å². The highest BCUT2D eigenvalue weighted by atomic mass is 79.9. The predicted molar refractivity (Wildman–Crippen MR) is 66.1 cm³/mol. The van der Waals surface area contributed by atoms with Crippen molar-refractivity contribution in [1.82, 2.24) is 4.90 Å². The van der Waals surface area contributed by atoms with Crippen molar-refractivity contribution in [2.45, 2.75) is 6.04 Å². The summed E-state index contributed by atoms with van der Waals surface area (Å²) in [7, 11) is 1.59. The molecule has 0 spiro atoms. The molecule has 1 atom stereocenters. The van der Waals surface area contributed by atoms with Crippen LogP contribution in [0.2, 0.25) is 0 Å². The fourth-order valence-corrected chi connectivity index (χ4v) is 2.08. The summed E-state index contributed by atoms with van der Waals surface area (Å²) in [5.41, 5.74) is 0.593. The third-order valence-electron chi connectivity index (χ3n) is 2.68. The van der Waals surface area contributed by atoms with Crippen molar-refractivity contribution in [3.8, 4) is 0 Å². The van der Waals surface area contributed by atoms with Crippen LogP contribution in [0.25, 0.3) is 0 Å². The van der Waals surface area contributed by atoms with Crippen LogP contribution < -0.4 is 4.90 Å². The molecular weight excluding hydrogens is 288 g/mol. The van der Waals surface area contributed by atoms with Gasteiger partial charge in [-0.1, -0.05) is 15.9 Å². The maximum absolute atomic E-state index is 11.9. The highest BCUT2D eigenvalue weighted by Gasteiger charge is 2.40. The number of carboxylic acid groups (broad SMARTS) is 1. The summed E-state index contributed by atoms with van der Waals surface area (Å²) < 4.78 is 0.883. The van der Waals surface area contributed by atoms with Gasteiger partial charge in [-0.3, -0.25) is 4.90 Å². The Hall–Kier alpha value is -1.56. The Morgan fingerprint density at radius 1 is 1.41 bits per heavy atom. The van der Waals surface area contributed by atoms with Crippen LogP contribution in [0.3, 0.4) is 0 Å². The molecule has 0 unspecified atom stereocenters. The average Bonchev–Trinajstić information content (AvgIpc) is 2.57. The van der Waals surface area contributed by atoms with E-state index >= 15 is 0 Å². The van der Waals surface area contributed by atoms with E-state index < -0.39 is 12.0 Å². The third-order valence-corrected chi connectivity index (χ3v) is 3.21. The van der Waals surface area contributed by atoms with Gasteiger partial charge in [0.25, 0.3) is 0 Å². The monoisotopic (exact) mass is 298 g/mol. The number of aliphatic carboxylic acids is 1. The number of anilines is 1. The maximum Gasteiger partial charge on any atom is 0.328 e. The smallest absolute Gasteiger partial charge is 0.328 e. The van der Waals surface area contributed by atoms with Crippen LogP contribution in [0.1, 0.15) is 0 Å². The van der Waals surface area contributed by atoms with Gasteiger partial charge in [0.05, 0.1) is 6.54 Å². The molecule has 0 aliphatic carbocycles. The third kappa shape index (κ3) is 2.12. The fourth-order valence-electron chi connectivity index (χ4n) is 1.82. The number of amides is 2. The van der Waals surface area contributed by atoms with E-state index in [2.05, 4.69) is 15.9 Å². The minimum absolute atomic E-state index is 0.199. The molecule has 2 amide bonds. The second-order valence-electron chi connectivity index (χ2n) is 3.86. The Balaban J connectivity index is 2.37. The summed E-state index contributed by atoms with van der Waals surface area (Å²) in [5, 5.41) is 9.11. The Kier molecular flexibility index (Phi) is 3.06. The molecule has 5 nitrogen and oxygen atoms in total. The fraction of sp³-hybridized carbons (Fsp3) is 0.273. The van der Waals surface area contributed by atoms with Crippen LogP contribution >= 0.6 is 15.9 Å². The van der Waals surface area contributed by atoms with Crippen molar-refractivity contribution in [2.24, 2.45) is 0 Å². The Bertz CT molecular complexity index is 460. The van der Waals surface area contributed by atoms with E-state index in [1.165, 1.54) is 9.80 Å². The zero-order chi connectivity index (χ0) is 12.6. The molecular formula is C11H11BrN2O3. The number of hydrogen-bond acceptors (Lipinski definition) is 2. The minimum atomic E-state index is -0.995. The summed E-state index contributed by atoms with van der Waals surface area (Å²) in [6.07, 6.45) is 0. The number of urea groups is 1. The van der Waals surface area contributed by atoms with Crippen molar-refractivity contribution in [1.29, 1.82) is 0 Å². The van der Waals surface area contributed by atoms with E-state index in [0.29, 0.717) is 5.69 Å². The number of likely N-dealkylation sites (N-methyl/N-ethyl adjacent to an activating group) is 1. The highest BCUT2D eigenvalue weighted by Crippen LogP contribution is 2.25. The van der Waals surface area contributed by atoms with E-state index in [9.17, 15) is 9.59 Å². The first kappa shape index (κ1) is 11.9. The molecule has 1 fully saturated rings. The average molecular weight is 299 g/mol. The van der Waals surface area contributed by atoms with Gasteiger partial charge in [0.1, 0.15) is 0 Å². The number of nitrogens with zero attached hydrogens (tertiary/aromatic N) is 2. The van der Waals surface area contributed by atoms with E-state index in [1.54, 1.807) is 31.3 Å². The molecule has 1 aliphatic heterocycles. The SMILES string of the molecule is CN1C[C@@H](C(=O)O)N(c2ccc(Br)cc2)C1=O. The zero-order valence-corrected chi connectivity index (χ0v) is 10.7. The minimum Gasteiger partial charge on any atom is -0.480 e. The van der Waals surface area contributed by atoms with Gasteiger partial charge in [0.15, 0.2) is 6.04 Å². The summed E-state index contributed by atoms with van der Waals surface area (Å²) in [4.78, 5) is 25.7. The number of carboxylic acids is 1. The molecule has 2 rings (SSSR count). The highest BCUT2D eigenvalue weighted by molar-refractivity contribution is 9.10. The molecule has 0 saturated carbocycles. The lowest BCUT2D eigenvalue weighted by molar-refractivity contribution is -0.138. The first-order chi connectivity index (χ1) is 8.00. The van der Waals surface area contributed by atoms with Crippen molar-refractivity contribution in [3.05, 3.63) is 28.7 Å². The van der Waals surface area contributed by atoms with Gasteiger partial charge in [0, 0.05) is 17.2 Å². The van der Waals surface area contributed by atoms with Gasteiger partial charge in [0.2, 0.25) is 0 Å². The number of benzene rings is 1. The molecule has 17 heavy (non-hydrogen) atoms. The molecule has 90 valence electrons. The number of hydrogen-bond donors (Lipinski definition) is 1. The molecule has 1 aliphatic rings. The maximum atomic E-state index is 11.9. The normalized spacial score (nSPS) is 19.9. The summed E-state index contributed by atoms with van der Waals surface area (Å²) >= 11 is 3.29. The molecule has 1 saturated heterocycles. The standard InChI is InChI=1S/C11H11BrN2O3/c1-13-6-9(10(15)16)14(11(13)17)8-4-2-7(12)3-5-8/h2-5,9H,6H2,1H3,(H,15,16)/t9-/m0/s1. The molecule has 1 heterocycles. The van der Waals surface area contributed by atoms with Crippen molar-refractivity contribution >= 4 is 33.6 Å². The van der Waals surface area contributed by atoms with Gasteiger partial charge >= 0.3 is 12.0 Å². The number of carbonyl (C=O) groups excluding carboxylic acids is 1. The van der Waals surface area contributed by atoms with Gasteiger partial charge in [-0.25, -0.2) is 9.59 Å². The van der Waals surface area contributed by atoms with Gasteiger partial charge in [-0.15, -0.1) is 0 Å². The second-order valence-corrected chi connectivity index (χ2v) is 4.78. The first-order valence-corrected chi connectivity index (χ1v) is 5.82. The largest absolute Gasteiger partial charge is 0.480 e.